The molecule has 164 valence electrons. The van der Waals surface area contributed by atoms with Gasteiger partial charge in [-0.2, -0.15) is 0 Å². The highest BCUT2D eigenvalue weighted by Crippen LogP contribution is 2.60. The zero-order valence-electron chi connectivity index (χ0n) is 18.4. The summed E-state index contributed by atoms with van der Waals surface area (Å²) in [6.07, 6.45) is 7.39. The second-order valence-corrected chi connectivity index (χ2v) is 9.95. The van der Waals surface area contributed by atoms with Crippen LogP contribution >= 0.6 is 0 Å². The van der Waals surface area contributed by atoms with E-state index in [1.54, 1.807) is 0 Å². The van der Waals surface area contributed by atoms with E-state index in [1.165, 1.54) is 19.3 Å². The molecule has 0 aromatic heterocycles. The van der Waals surface area contributed by atoms with Crippen molar-refractivity contribution in [1.82, 2.24) is 5.32 Å². The summed E-state index contributed by atoms with van der Waals surface area (Å²) in [6.45, 7) is 0.389. The van der Waals surface area contributed by atoms with E-state index in [-0.39, 0.29) is 23.7 Å². The molecule has 32 heavy (non-hydrogen) atoms. The Balaban J connectivity index is 1.12. The monoisotopic (exact) mass is 426 g/mol. The lowest BCUT2D eigenvalue weighted by molar-refractivity contribution is -0.146. The number of carbonyl (C=O) groups excluding carboxylic acids is 2. The highest BCUT2D eigenvalue weighted by Gasteiger charge is 2.54. The smallest absolute Gasteiger partial charge is 0.226 e. The van der Waals surface area contributed by atoms with Gasteiger partial charge in [-0.25, -0.2) is 0 Å². The van der Waals surface area contributed by atoms with Crippen LogP contribution in [0.4, 0.5) is 5.69 Å². The molecule has 0 atom stereocenters. The van der Waals surface area contributed by atoms with E-state index in [0.717, 1.165) is 53.8 Å². The van der Waals surface area contributed by atoms with Crippen LogP contribution in [0.5, 0.6) is 0 Å². The molecule has 0 heterocycles. The minimum Gasteiger partial charge on any atom is -0.355 e. The molecule has 4 fully saturated rings. The van der Waals surface area contributed by atoms with E-state index < -0.39 is 0 Å². The SMILES string of the molecule is O=C(CCNC(=O)C12CC3CC(CC(C3)C1)C2)Nc1cccc(C#Cc2ccccc2)c1. The molecule has 0 radical (unpaired) electrons. The lowest BCUT2D eigenvalue weighted by atomic mass is 9.49. The highest BCUT2D eigenvalue weighted by atomic mass is 16.2. The minimum atomic E-state index is -0.156. The van der Waals surface area contributed by atoms with Crippen molar-refractivity contribution in [2.75, 3.05) is 11.9 Å². The summed E-state index contributed by atoms with van der Waals surface area (Å²) in [5.74, 6) is 8.59. The fourth-order valence-electron chi connectivity index (χ4n) is 6.43. The lowest BCUT2D eigenvalue weighted by Crippen LogP contribution is -2.53. The lowest BCUT2D eigenvalue weighted by Gasteiger charge is -2.55. The van der Waals surface area contributed by atoms with Crippen molar-refractivity contribution in [3.05, 3.63) is 65.7 Å². The Morgan fingerprint density at radius 3 is 2.16 bits per heavy atom. The number of hydrogen-bond acceptors (Lipinski definition) is 2. The molecule has 0 spiro atoms. The number of rotatable bonds is 5. The van der Waals surface area contributed by atoms with Gasteiger partial charge in [0, 0.05) is 35.2 Å². The molecule has 2 N–H and O–H groups in total. The summed E-state index contributed by atoms with van der Waals surface area (Å²) in [6, 6.07) is 17.4. The average molecular weight is 427 g/mol. The van der Waals surface area contributed by atoms with Gasteiger partial charge in [0.15, 0.2) is 0 Å². The molecular weight excluding hydrogens is 396 g/mol. The first-order chi connectivity index (χ1) is 15.6. The van der Waals surface area contributed by atoms with Gasteiger partial charge in [0.25, 0.3) is 0 Å². The number of hydrogen-bond donors (Lipinski definition) is 2. The Morgan fingerprint density at radius 1 is 0.844 bits per heavy atom. The first-order valence-corrected chi connectivity index (χ1v) is 11.8. The Morgan fingerprint density at radius 2 is 1.47 bits per heavy atom. The van der Waals surface area contributed by atoms with Crippen LogP contribution in [0.1, 0.15) is 56.1 Å². The third kappa shape index (κ3) is 4.58. The number of amides is 2. The van der Waals surface area contributed by atoms with Crippen LogP contribution < -0.4 is 10.6 Å². The molecule has 4 heteroatoms. The number of anilines is 1. The zero-order valence-corrected chi connectivity index (χ0v) is 18.4. The molecule has 0 aliphatic heterocycles. The summed E-state index contributed by atoms with van der Waals surface area (Å²) < 4.78 is 0. The van der Waals surface area contributed by atoms with Gasteiger partial charge in [0.1, 0.15) is 0 Å². The van der Waals surface area contributed by atoms with E-state index in [4.69, 9.17) is 0 Å². The highest BCUT2D eigenvalue weighted by molar-refractivity contribution is 5.91. The van der Waals surface area contributed by atoms with Gasteiger partial charge in [0.2, 0.25) is 11.8 Å². The van der Waals surface area contributed by atoms with Gasteiger partial charge in [-0.05, 0) is 86.6 Å². The molecule has 2 aromatic rings. The van der Waals surface area contributed by atoms with Crippen LogP contribution in [0.25, 0.3) is 0 Å². The molecule has 4 saturated carbocycles. The standard InChI is InChI=1S/C28H30N2O2/c31-26(30-25-8-4-7-21(16-25)10-9-20-5-2-1-3-6-20)11-12-29-27(32)28-17-22-13-23(18-28)15-24(14-22)19-28/h1-8,16,22-24H,11-15,17-19H2,(H,29,32)(H,30,31). The summed E-state index contributed by atoms with van der Waals surface area (Å²) in [4.78, 5) is 25.4. The normalized spacial score (nSPS) is 27.3. The maximum absolute atomic E-state index is 13.0. The second kappa shape index (κ2) is 8.82. The Hall–Kier alpha value is -3.06. The van der Waals surface area contributed by atoms with E-state index in [9.17, 15) is 9.59 Å². The fourth-order valence-corrected chi connectivity index (χ4v) is 6.43. The topological polar surface area (TPSA) is 58.2 Å². The van der Waals surface area contributed by atoms with Gasteiger partial charge in [-0.1, -0.05) is 36.1 Å². The number of nitrogens with one attached hydrogen (secondary N) is 2. The fraction of sp³-hybridized carbons (Fsp3) is 0.429. The molecule has 0 saturated heterocycles. The summed E-state index contributed by atoms with van der Waals surface area (Å²) in [5, 5.41) is 6.02. The van der Waals surface area contributed by atoms with Gasteiger partial charge in [-0.15, -0.1) is 0 Å². The van der Waals surface area contributed by atoms with Crippen LogP contribution in [0, 0.1) is 35.0 Å². The third-order valence-corrected chi connectivity index (χ3v) is 7.43. The molecule has 6 rings (SSSR count). The Bertz CT molecular complexity index is 1030. The third-order valence-electron chi connectivity index (χ3n) is 7.43. The Kier molecular flexibility index (Phi) is 5.74. The first-order valence-electron chi connectivity index (χ1n) is 11.8. The molecule has 4 bridgehead atoms. The van der Waals surface area contributed by atoms with Gasteiger partial charge < -0.3 is 10.6 Å². The molecule has 4 nitrogen and oxygen atoms in total. The van der Waals surface area contributed by atoms with Gasteiger partial charge in [-0.3, -0.25) is 9.59 Å². The van der Waals surface area contributed by atoms with Crippen LogP contribution in [0.2, 0.25) is 0 Å². The average Bonchev–Trinajstić information content (AvgIpc) is 2.78. The second-order valence-electron chi connectivity index (χ2n) is 9.95. The van der Waals surface area contributed by atoms with E-state index in [1.807, 2.05) is 54.6 Å². The van der Waals surface area contributed by atoms with Crippen LogP contribution in [0.15, 0.2) is 54.6 Å². The number of carbonyl (C=O) groups is 2. The van der Waals surface area contributed by atoms with Crippen LogP contribution in [-0.2, 0) is 9.59 Å². The molecule has 2 aromatic carbocycles. The van der Waals surface area contributed by atoms with Crippen molar-refractivity contribution in [2.24, 2.45) is 23.2 Å². The quantitative estimate of drug-likeness (QED) is 0.678. The van der Waals surface area contributed by atoms with E-state index in [2.05, 4.69) is 22.5 Å². The van der Waals surface area contributed by atoms with E-state index in [0.29, 0.717) is 6.54 Å². The van der Waals surface area contributed by atoms with Crippen molar-refractivity contribution in [3.63, 3.8) is 0 Å². The molecule has 0 unspecified atom stereocenters. The van der Waals surface area contributed by atoms with Crippen LogP contribution in [-0.4, -0.2) is 18.4 Å². The van der Waals surface area contributed by atoms with Gasteiger partial charge in [0.05, 0.1) is 0 Å². The maximum atomic E-state index is 13.0. The van der Waals surface area contributed by atoms with Crippen molar-refractivity contribution >= 4 is 17.5 Å². The minimum absolute atomic E-state index is 0.0935. The zero-order chi connectivity index (χ0) is 22.0. The molecule has 4 aliphatic rings. The molecule has 4 aliphatic carbocycles. The maximum Gasteiger partial charge on any atom is 0.226 e. The van der Waals surface area contributed by atoms with Crippen molar-refractivity contribution in [2.45, 2.75) is 44.9 Å². The predicted molar refractivity (Wildman–Crippen MR) is 126 cm³/mol. The summed E-state index contributed by atoms with van der Waals surface area (Å²) in [7, 11) is 0. The van der Waals surface area contributed by atoms with Crippen molar-refractivity contribution in [3.8, 4) is 11.8 Å². The van der Waals surface area contributed by atoms with Crippen molar-refractivity contribution in [1.29, 1.82) is 0 Å². The Labute approximate surface area is 190 Å². The van der Waals surface area contributed by atoms with Crippen LogP contribution in [0.3, 0.4) is 0 Å². The number of benzene rings is 2. The van der Waals surface area contributed by atoms with E-state index >= 15 is 0 Å². The van der Waals surface area contributed by atoms with Gasteiger partial charge >= 0.3 is 0 Å². The van der Waals surface area contributed by atoms with Crippen molar-refractivity contribution < 1.29 is 9.59 Å². The first kappa shape index (κ1) is 20.8. The summed E-state index contributed by atoms with van der Waals surface area (Å²) in [5.41, 5.74) is 2.37. The summed E-state index contributed by atoms with van der Waals surface area (Å²) >= 11 is 0. The largest absolute Gasteiger partial charge is 0.355 e. The predicted octanol–water partition coefficient (Wildman–Crippen LogP) is 4.75. The molecule has 2 amide bonds. The molecular formula is C28H30N2O2.